The Bertz CT molecular complexity index is 488. The molecule has 1 saturated carbocycles. The van der Waals surface area contributed by atoms with Crippen molar-refractivity contribution in [1.29, 1.82) is 0 Å². The predicted molar refractivity (Wildman–Crippen MR) is 73.7 cm³/mol. The van der Waals surface area contributed by atoms with E-state index in [9.17, 15) is 4.79 Å². The fraction of sp³-hybridized carbons (Fsp3) is 0.800. The largest absolute Gasteiger partial charge is 0.465 e. The van der Waals surface area contributed by atoms with E-state index in [0.29, 0.717) is 24.2 Å². The van der Waals surface area contributed by atoms with Gasteiger partial charge in [0.2, 0.25) is 5.89 Å². The van der Waals surface area contributed by atoms with Gasteiger partial charge in [-0.1, -0.05) is 18.0 Å². The van der Waals surface area contributed by atoms with Crippen molar-refractivity contribution in [2.75, 3.05) is 19.8 Å². The van der Waals surface area contributed by atoms with Crippen LogP contribution in [0.3, 0.4) is 0 Å². The first-order chi connectivity index (χ1) is 10.2. The molecule has 0 radical (unpaired) electrons. The highest BCUT2D eigenvalue weighted by atomic mass is 16.5. The van der Waals surface area contributed by atoms with Gasteiger partial charge in [0.05, 0.1) is 6.61 Å². The Morgan fingerprint density at radius 3 is 2.90 bits per heavy atom. The molecule has 0 bridgehead atoms. The van der Waals surface area contributed by atoms with Gasteiger partial charge in [-0.25, -0.2) is 0 Å². The summed E-state index contributed by atoms with van der Waals surface area (Å²) in [7, 11) is 0. The van der Waals surface area contributed by atoms with Crippen LogP contribution >= 0.6 is 0 Å². The van der Waals surface area contributed by atoms with Crippen molar-refractivity contribution in [2.45, 2.75) is 50.9 Å². The first-order valence-electron chi connectivity index (χ1n) is 7.82. The number of esters is 1. The van der Waals surface area contributed by atoms with Crippen LogP contribution in [0.4, 0.5) is 0 Å². The van der Waals surface area contributed by atoms with Crippen LogP contribution in [0.5, 0.6) is 0 Å². The molecule has 6 heteroatoms. The number of aromatic nitrogens is 2. The third-order valence-electron chi connectivity index (χ3n) is 4.50. The van der Waals surface area contributed by atoms with Gasteiger partial charge in [-0.05, 0) is 32.1 Å². The molecule has 0 aromatic carbocycles. The third kappa shape index (κ3) is 2.81. The highest BCUT2D eigenvalue weighted by Crippen LogP contribution is 2.41. The molecule has 116 valence electrons. The molecule has 1 saturated heterocycles. The molecule has 1 atom stereocenters. The van der Waals surface area contributed by atoms with Crippen LogP contribution in [0.1, 0.15) is 50.7 Å². The zero-order valence-corrected chi connectivity index (χ0v) is 12.5. The zero-order valence-electron chi connectivity index (χ0n) is 12.5. The lowest BCUT2D eigenvalue weighted by molar-refractivity contribution is -0.151. The van der Waals surface area contributed by atoms with E-state index >= 15 is 0 Å². The molecule has 1 aromatic heterocycles. The van der Waals surface area contributed by atoms with Crippen molar-refractivity contribution in [3.63, 3.8) is 0 Å². The van der Waals surface area contributed by atoms with Crippen LogP contribution in [0.15, 0.2) is 4.52 Å². The van der Waals surface area contributed by atoms with Crippen LogP contribution in [0, 0.1) is 5.92 Å². The Hall–Kier alpha value is -1.43. The van der Waals surface area contributed by atoms with Crippen LogP contribution < -0.4 is 0 Å². The van der Waals surface area contributed by atoms with Crippen LogP contribution in [0.2, 0.25) is 0 Å². The number of rotatable bonds is 5. The summed E-state index contributed by atoms with van der Waals surface area (Å²) in [5, 5.41) is 4.06. The van der Waals surface area contributed by atoms with Gasteiger partial charge >= 0.3 is 5.97 Å². The molecule has 2 aliphatic rings. The molecule has 1 aliphatic heterocycles. The summed E-state index contributed by atoms with van der Waals surface area (Å²) in [6, 6.07) is 0. The van der Waals surface area contributed by atoms with Gasteiger partial charge in [-0.2, -0.15) is 4.98 Å². The highest BCUT2D eigenvalue weighted by molar-refractivity contribution is 5.82. The quantitative estimate of drug-likeness (QED) is 0.773. The van der Waals surface area contributed by atoms with Gasteiger partial charge < -0.3 is 14.0 Å². The zero-order chi connectivity index (χ0) is 14.7. The number of carbonyl (C=O) groups is 1. The lowest BCUT2D eigenvalue weighted by Crippen LogP contribution is -2.35. The molecule has 1 aliphatic carbocycles. The molecule has 1 aromatic rings. The van der Waals surface area contributed by atoms with Crippen molar-refractivity contribution in [2.24, 2.45) is 5.92 Å². The summed E-state index contributed by atoms with van der Waals surface area (Å²) in [6.07, 6.45) is 5.25. The Kier molecular flexibility index (Phi) is 4.24. The second kappa shape index (κ2) is 6.13. The van der Waals surface area contributed by atoms with Gasteiger partial charge in [0, 0.05) is 19.6 Å². The fourth-order valence-corrected chi connectivity index (χ4v) is 3.29. The van der Waals surface area contributed by atoms with E-state index in [1.807, 2.05) is 6.92 Å². The monoisotopic (exact) mass is 294 g/mol. The van der Waals surface area contributed by atoms with E-state index in [-0.39, 0.29) is 5.97 Å². The minimum Gasteiger partial charge on any atom is -0.465 e. The van der Waals surface area contributed by atoms with Crippen molar-refractivity contribution in [1.82, 2.24) is 10.1 Å². The van der Waals surface area contributed by atoms with Crippen LogP contribution in [0.25, 0.3) is 0 Å². The van der Waals surface area contributed by atoms with E-state index in [2.05, 4.69) is 10.1 Å². The minimum absolute atomic E-state index is 0.220. The van der Waals surface area contributed by atoms with Crippen molar-refractivity contribution >= 4 is 5.97 Å². The van der Waals surface area contributed by atoms with Gasteiger partial charge in [-0.15, -0.1) is 0 Å². The number of hydrogen-bond acceptors (Lipinski definition) is 6. The fourth-order valence-electron chi connectivity index (χ4n) is 3.29. The van der Waals surface area contributed by atoms with E-state index in [1.165, 1.54) is 0 Å². The summed E-state index contributed by atoms with van der Waals surface area (Å²) < 4.78 is 16.0. The molecule has 3 rings (SSSR count). The molecular weight excluding hydrogens is 272 g/mol. The maximum Gasteiger partial charge on any atom is 0.321 e. The van der Waals surface area contributed by atoms with Gasteiger partial charge in [-0.3, -0.25) is 4.79 Å². The number of ether oxygens (including phenoxy) is 2. The molecule has 0 N–H and O–H groups in total. The average molecular weight is 294 g/mol. The second-order valence-corrected chi connectivity index (χ2v) is 5.96. The first kappa shape index (κ1) is 14.5. The molecule has 6 nitrogen and oxygen atoms in total. The summed E-state index contributed by atoms with van der Waals surface area (Å²) in [4.78, 5) is 16.8. The summed E-state index contributed by atoms with van der Waals surface area (Å²) in [5.41, 5.74) is -0.715. The lowest BCUT2D eigenvalue weighted by Gasteiger charge is -2.21. The van der Waals surface area contributed by atoms with Gasteiger partial charge in [0.15, 0.2) is 5.82 Å². The maximum atomic E-state index is 12.4. The minimum atomic E-state index is -0.715. The number of nitrogens with zero attached hydrogens (tertiary/aromatic N) is 2. The third-order valence-corrected chi connectivity index (χ3v) is 4.50. The number of hydrogen-bond donors (Lipinski definition) is 0. The Morgan fingerprint density at radius 1 is 1.43 bits per heavy atom. The lowest BCUT2D eigenvalue weighted by atomic mass is 9.86. The standard InChI is InChI=1S/C15H22N2O4/c1-2-20-14(18)15(6-3-4-7-15)13-16-12(17-21-13)9-11-5-8-19-10-11/h11H,2-10H2,1H3. The van der Waals surface area contributed by atoms with Gasteiger partial charge in [0.1, 0.15) is 5.41 Å². The van der Waals surface area contributed by atoms with Crippen LogP contribution in [-0.2, 0) is 26.1 Å². The maximum absolute atomic E-state index is 12.4. The molecule has 0 spiro atoms. The highest BCUT2D eigenvalue weighted by Gasteiger charge is 2.49. The van der Waals surface area contributed by atoms with E-state index < -0.39 is 5.41 Å². The topological polar surface area (TPSA) is 74.5 Å². The van der Waals surface area contributed by atoms with Gasteiger partial charge in [0.25, 0.3) is 0 Å². The van der Waals surface area contributed by atoms with Crippen molar-refractivity contribution < 1.29 is 18.8 Å². The SMILES string of the molecule is CCOC(=O)C1(c2nc(CC3CCOC3)no2)CCCC1. The molecule has 21 heavy (non-hydrogen) atoms. The van der Waals surface area contributed by atoms with E-state index in [4.69, 9.17) is 14.0 Å². The van der Waals surface area contributed by atoms with Crippen LogP contribution in [-0.4, -0.2) is 35.9 Å². The smallest absolute Gasteiger partial charge is 0.321 e. The van der Waals surface area contributed by atoms with E-state index in [0.717, 1.165) is 51.7 Å². The summed E-state index contributed by atoms with van der Waals surface area (Å²) >= 11 is 0. The second-order valence-electron chi connectivity index (χ2n) is 5.96. The molecular formula is C15H22N2O4. The Labute approximate surface area is 124 Å². The predicted octanol–water partition coefficient (Wildman–Crippen LogP) is 2.02. The first-order valence-corrected chi connectivity index (χ1v) is 7.82. The van der Waals surface area contributed by atoms with Crippen molar-refractivity contribution in [3.05, 3.63) is 11.7 Å². The number of carbonyl (C=O) groups excluding carboxylic acids is 1. The average Bonchev–Trinajstić information content (AvgIpc) is 3.21. The molecule has 2 heterocycles. The van der Waals surface area contributed by atoms with E-state index in [1.54, 1.807) is 0 Å². The summed E-state index contributed by atoms with van der Waals surface area (Å²) in [6.45, 7) is 3.76. The summed E-state index contributed by atoms with van der Waals surface area (Å²) in [5.74, 6) is 1.35. The molecule has 0 amide bonds. The van der Waals surface area contributed by atoms with Crippen molar-refractivity contribution in [3.8, 4) is 0 Å². The molecule has 2 fully saturated rings. The Balaban J connectivity index is 1.77. The Morgan fingerprint density at radius 2 is 2.24 bits per heavy atom. The normalized spacial score (nSPS) is 24.3. The molecule has 1 unspecified atom stereocenters.